The Kier molecular flexibility index (Phi) is 4.41. The lowest BCUT2D eigenvalue weighted by molar-refractivity contribution is -0.138. The van der Waals surface area contributed by atoms with Crippen molar-refractivity contribution in [2.24, 2.45) is 0 Å². The van der Waals surface area contributed by atoms with Crippen LogP contribution in [-0.4, -0.2) is 33.4 Å². The first-order valence-corrected chi connectivity index (χ1v) is 9.63. The van der Waals surface area contributed by atoms with Crippen molar-refractivity contribution in [3.63, 3.8) is 0 Å². The molecule has 2 saturated heterocycles. The molecule has 0 spiro atoms. The SMILES string of the molecule is CCc1ccc(C(C)(C)NC(=O)C2CSC3(C)CCC(=O)N23)cc1. The first kappa shape index (κ1) is 17.3. The minimum Gasteiger partial charge on any atom is -0.345 e. The molecule has 2 unspecified atom stereocenters. The normalized spacial score (nSPS) is 26.6. The predicted octanol–water partition coefficient (Wildman–Crippen LogP) is 3.05. The maximum absolute atomic E-state index is 12.9. The number of carbonyl (C=O) groups is 2. The summed E-state index contributed by atoms with van der Waals surface area (Å²) in [6, 6.07) is 8.01. The molecule has 0 saturated carbocycles. The molecule has 0 radical (unpaired) electrons. The lowest BCUT2D eigenvalue weighted by atomic mass is 9.92. The van der Waals surface area contributed by atoms with Crippen LogP contribution in [0.3, 0.4) is 0 Å². The van der Waals surface area contributed by atoms with Crippen LogP contribution < -0.4 is 5.32 Å². The van der Waals surface area contributed by atoms with Crippen LogP contribution in [0, 0.1) is 0 Å². The van der Waals surface area contributed by atoms with Crippen molar-refractivity contribution >= 4 is 23.6 Å². The zero-order chi connectivity index (χ0) is 17.5. The highest BCUT2D eigenvalue weighted by Gasteiger charge is 2.53. The van der Waals surface area contributed by atoms with E-state index in [0.29, 0.717) is 12.2 Å². The molecule has 2 atom stereocenters. The van der Waals surface area contributed by atoms with E-state index in [1.54, 1.807) is 11.8 Å². The Morgan fingerprint density at radius 3 is 2.67 bits per heavy atom. The summed E-state index contributed by atoms with van der Waals surface area (Å²) in [6.45, 7) is 8.23. The Bertz CT molecular complexity index is 656. The first-order valence-electron chi connectivity index (χ1n) is 8.64. The topological polar surface area (TPSA) is 49.4 Å². The van der Waals surface area contributed by atoms with Crippen LogP contribution in [0.4, 0.5) is 0 Å². The van der Waals surface area contributed by atoms with Crippen LogP contribution in [0.2, 0.25) is 0 Å². The zero-order valence-corrected chi connectivity index (χ0v) is 15.7. The summed E-state index contributed by atoms with van der Waals surface area (Å²) >= 11 is 1.73. The summed E-state index contributed by atoms with van der Waals surface area (Å²) < 4.78 is 0. The molecule has 4 nitrogen and oxygen atoms in total. The highest BCUT2D eigenvalue weighted by Crippen LogP contribution is 2.47. The number of benzene rings is 1. The smallest absolute Gasteiger partial charge is 0.244 e. The van der Waals surface area contributed by atoms with Gasteiger partial charge in [-0.1, -0.05) is 31.2 Å². The van der Waals surface area contributed by atoms with Crippen molar-refractivity contribution < 1.29 is 9.59 Å². The van der Waals surface area contributed by atoms with E-state index in [2.05, 4.69) is 43.4 Å². The molecule has 2 heterocycles. The number of thioether (sulfide) groups is 1. The third-order valence-corrected chi connectivity index (χ3v) is 6.77. The number of fused-ring (bicyclic) bond motifs is 1. The second-order valence-electron chi connectivity index (χ2n) is 7.43. The minimum absolute atomic E-state index is 0.0500. The van der Waals surface area contributed by atoms with Crippen LogP contribution in [-0.2, 0) is 21.5 Å². The van der Waals surface area contributed by atoms with Crippen LogP contribution in [0.5, 0.6) is 0 Å². The molecule has 0 aliphatic carbocycles. The number of aryl methyl sites for hydroxylation is 1. The van der Waals surface area contributed by atoms with Crippen molar-refractivity contribution in [1.82, 2.24) is 10.2 Å². The van der Waals surface area contributed by atoms with Crippen molar-refractivity contribution in [3.05, 3.63) is 35.4 Å². The Hall–Kier alpha value is -1.49. The monoisotopic (exact) mass is 346 g/mol. The van der Waals surface area contributed by atoms with E-state index in [-0.39, 0.29) is 22.7 Å². The van der Waals surface area contributed by atoms with Gasteiger partial charge in [-0.05, 0) is 44.7 Å². The van der Waals surface area contributed by atoms with Gasteiger partial charge in [-0.3, -0.25) is 9.59 Å². The molecule has 3 rings (SSSR count). The lowest BCUT2D eigenvalue weighted by Crippen LogP contribution is -2.53. The van der Waals surface area contributed by atoms with E-state index in [9.17, 15) is 9.59 Å². The molecule has 1 N–H and O–H groups in total. The van der Waals surface area contributed by atoms with Gasteiger partial charge in [-0.15, -0.1) is 11.8 Å². The predicted molar refractivity (Wildman–Crippen MR) is 97.7 cm³/mol. The van der Waals surface area contributed by atoms with Crippen LogP contribution in [0.25, 0.3) is 0 Å². The van der Waals surface area contributed by atoms with E-state index in [4.69, 9.17) is 0 Å². The summed E-state index contributed by atoms with van der Waals surface area (Å²) in [5.41, 5.74) is 1.90. The molecule has 0 aromatic heterocycles. The van der Waals surface area contributed by atoms with E-state index in [1.807, 2.05) is 18.7 Å². The Morgan fingerprint density at radius 1 is 1.38 bits per heavy atom. The van der Waals surface area contributed by atoms with Gasteiger partial charge in [0.25, 0.3) is 0 Å². The molecule has 2 aliphatic heterocycles. The number of amides is 2. The van der Waals surface area contributed by atoms with Gasteiger partial charge in [0.1, 0.15) is 6.04 Å². The fourth-order valence-electron chi connectivity index (χ4n) is 3.64. The first-order chi connectivity index (χ1) is 11.3. The molecular weight excluding hydrogens is 320 g/mol. The van der Waals surface area contributed by atoms with Gasteiger partial charge in [0.05, 0.1) is 10.4 Å². The average Bonchev–Trinajstić information content (AvgIpc) is 3.03. The Morgan fingerprint density at radius 2 is 2.04 bits per heavy atom. The summed E-state index contributed by atoms with van der Waals surface area (Å²) in [5.74, 6) is 0.734. The fourth-order valence-corrected chi connectivity index (χ4v) is 5.07. The van der Waals surface area contributed by atoms with E-state index in [1.165, 1.54) is 5.56 Å². The maximum Gasteiger partial charge on any atom is 0.244 e. The van der Waals surface area contributed by atoms with Crippen molar-refractivity contribution in [2.75, 3.05) is 5.75 Å². The van der Waals surface area contributed by atoms with E-state index in [0.717, 1.165) is 18.4 Å². The fraction of sp³-hybridized carbons (Fsp3) is 0.579. The second kappa shape index (κ2) is 6.10. The Balaban J connectivity index is 1.74. The standard InChI is InChI=1S/C19H26N2O2S/c1-5-13-6-8-14(9-7-13)18(2,3)20-17(23)15-12-24-19(4)11-10-16(22)21(15)19/h6-9,15H,5,10-12H2,1-4H3,(H,20,23). The van der Waals surface area contributed by atoms with Gasteiger partial charge < -0.3 is 10.2 Å². The highest BCUT2D eigenvalue weighted by atomic mass is 32.2. The molecule has 2 aliphatic rings. The third-order valence-electron chi connectivity index (χ3n) is 5.27. The van der Waals surface area contributed by atoms with E-state index >= 15 is 0 Å². The average molecular weight is 346 g/mol. The summed E-state index contributed by atoms with van der Waals surface area (Å²) in [4.78, 5) is 26.7. The van der Waals surface area contributed by atoms with Gasteiger partial charge in [0.15, 0.2) is 0 Å². The molecule has 5 heteroatoms. The second-order valence-corrected chi connectivity index (χ2v) is 8.93. The molecule has 2 fully saturated rings. The number of hydrogen-bond donors (Lipinski definition) is 1. The largest absolute Gasteiger partial charge is 0.345 e. The van der Waals surface area contributed by atoms with Crippen LogP contribution in [0.1, 0.15) is 51.7 Å². The quantitative estimate of drug-likeness (QED) is 0.911. The van der Waals surface area contributed by atoms with Crippen LogP contribution >= 0.6 is 11.8 Å². The lowest BCUT2D eigenvalue weighted by Gasteiger charge is -2.33. The van der Waals surface area contributed by atoms with Gasteiger partial charge >= 0.3 is 0 Å². The Labute approximate surface area is 148 Å². The van der Waals surface area contributed by atoms with Gasteiger partial charge in [0.2, 0.25) is 11.8 Å². The zero-order valence-electron chi connectivity index (χ0n) is 14.9. The maximum atomic E-state index is 12.9. The van der Waals surface area contributed by atoms with Gasteiger partial charge in [-0.25, -0.2) is 0 Å². The summed E-state index contributed by atoms with van der Waals surface area (Å²) in [6.07, 6.45) is 2.39. The molecule has 24 heavy (non-hydrogen) atoms. The summed E-state index contributed by atoms with van der Waals surface area (Å²) in [5, 5.41) is 3.16. The third kappa shape index (κ3) is 2.94. The molecule has 1 aromatic rings. The van der Waals surface area contributed by atoms with Crippen molar-refractivity contribution in [1.29, 1.82) is 0 Å². The molecule has 0 bridgehead atoms. The van der Waals surface area contributed by atoms with E-state index < -0.39 is 5.54 Å². The minimum atomic E-state index is -0.463. The summed E-state index contributed by atoms with van der Waals surface area (Å²) in [7, 11) is 0. The molecule has 2 amide bonds. The number of rotatable bonds is 4. The highest BCUT2D eigenvalue weighted by molar-refractivity contribution is 8.01. The number of nitrogens with zero attached hydrogens (tertiary/aromatic N) is 1. The van der Waals surface area contributed by atoms with Crippen LogP contribution in [0.15, 0.2) is 24.3 Å². The van der Waals surface area contributed by atoms with Crippen molar-refractivity contribution in [2.45, 2.75) is 63.4 Å². The molecular formula is C19H26N2O2S. The number of hydrogen-bond acceptors (Lipinski definition) is 3. The molecule has 1 aromatic carbocycles. The van der Waals surface area contributed by atoms with Gasteiger partial charge in [0, 0.05) is 12.2 Å². The number of nitrogens with one attached hydrogen (secondary N) is 1. The number of carbonyl (C=O) groups excluding carboxylic acids is 2. The molecule has 130 valence electrons. The van der Waals surface area contributed by atoms with Crippen molar-refractivity contribution in [3.8, 4) is 0 Å². The van der Waals surface area contributed by atoms with Gasteiger partial charge in [-0.2, -0.15) is 0 Å².